The van der Waals surface area contributed by atoms with Crippen LogP contribution in [0.2, 0.25) is 0 Å². The summed E-state index contributed by atoms with van der Waals surface area (Å²) in [5.41, 5.74) is 0. The first-order valence-corrected chi connectivity index (χ1v) is 5.48. The van der Waals surface area contributed by atoms with Gasteiger partial charge < -0.3 is 9.67 Å². The number of aliphatic hydroxyl groups is 1. The van der Waals surface area contributed by atoms with E-state index in [0.29, 0.717) is 17.1 Å². The van der Waals surface area contributed by atoms with E-state index in [-0.39, 0.29) is 6.61 Å². The number of rotatable bonds is 2. The van der Waals surface area contributed by atoms with Crippen molar-refractivity contribution in [1.82, 2.24) is 14.8 Å². The molecule has 0 aromatic carbocycles. The first kappa shape index (κ1) is 9.02. The molecular weight excluding hydrogens is 186 g/mol. The van der Waals surface area contributed by atoms with Crippen LogP contribution in [0.15, 0.2) is 6.33 Å². The van der Waals surface area contributed by atoms with Crippen LogP contribution >= 0.6 is 11.8 Å². The van der Waals surface area contributed by atoms with E-state index in [1.54, 1.807) is 6.33 Å². The summed E-state index contributed by atoms with van der Waals surface area (Å²) in [5.74, 6) is 1.87. The van der Waals surface area contributed by atoms with Crippen LogP contribution in [0.1, 0.15) is 25.2 Å². The average molecular weight is 199 g/mol. The Morgan fingerprint density at radius 2 is 2.62 bits per heavy atom. The molecule has 1 saturated heterocycles. The first-order valence-electron chi connectivity index (χ1n) is 4.43. The van der Waals surface area contributed by atoms with Crippen molar-refractivity contribution in [3.63, 3.8) is 0 Å². The molecule has 0 spiro atoms. The smallest absolute Gasteiger partial charge is 0.158 e. The largest absolute Gasteiger partial charge is 0.388 e. The Hall–Kier alpha value is -0.550. The summed E-state index contributed by atoms with van der Waals surface area (Å²) in [6, 6.07) is 0.460. The molecule has 2 heterocycles. The Bertz CT molecular complexity index is 289. The van der Waals surface area contributed by atoms with Crippen molar-refractivity contribution >= 4 is 11.8 Å². The van der Waals surface area contributed by atoms with Gasteiger partial charge >= 0.3 is 0 Å². The number of thioether (sulfide) groups is 1. The molecule has 2 atom stereocenters. The summed E-state index contributed by atoms with van der Waals surface area (Å²) in [7, 11) is 0. The summed E-state index contributed by atoms with van der Waals surface area (Å²) in [5, 5.41) is 17.3. The third kappa shape index (κ3) is 1.58. The molecule has 0 radical (unpaired) electrons. The third-order valence-electron chi connectivity index (χ3n) is 2.48. The van der Waals surface area contributed by atoms with Crippen LogP contribution in [-0.2, 0) is 6.61 Å². The Morgan fingerprint density at radius 1 is 1.77 bits per heavy atom. The number of hydrogen-bond acceptors (Lipinski definition) is 4. The Labute approximate surface area is 81.4 Å². The molecule has 1 fully saturated rings. The van der Waals surface area contributed by atoms with Gasteiger partial charge in [0, 0.05) is 11.3 Å². The molecule has 0 bridgehead atoms. The van der Waals surface area contributed by atoms with Gasteiger partial charge in [-0.25, -0.2) is 0 Å². The lowest BCUT2D eigenvalue weighted by Crippen LogP contribution is -2.16. The molecule has 1 N–H and O–H groups in total. The van der Waals surface area contributed by atoms with Crippen LogP contribution in [0.4, 0.5) is 0 Å². The minimum absolute atomic E-state index is 0.0200. The van der Waals surface area contributed by atoms with Crippen LogP contribution in [0.5, 0.6) is 0 Å². The van der Waals surface area contributed by atoms with E-state index in [1.807, 2.05) is 16.3 Å². The highest BCUT2D eigenvalue weighted by atomic mass is 32.2. The summed E-state index contributed by atoms with van der Waals surface area (Å²) in [4.78, 5) is 0. The van der Waals surface area contributed by atoms with E-state index in [0.717, 1.165) is 6.42 Å². The number of aliphatic hydroxyl groups excluding tert-OH is 1. The van der Waals surface area contributed by atoms with Crippen molar-refractivity contribution in [2.45, 2.75) is 31.2 Å². The van der Waals surface area contributed by atoms with E-state index in [1.165, 1.54) is 5.75 Å². The normalized spacial score (nSPS) is 28.2. The molecule has 72 valence electrons. The molecule has 4 nitrogen and oxygen atoms in total. The summed E-state index contributed by atoms with van der Waals surface area (Å²) >= 11 is 1.96. The molecule has 13 heavy (non-hydrogen) atoms. The van der Waals surface area contributed by atoms with Gasteiger partial charge in [0.2, 0.25) is 0 Å². The zero-order valence-corrected chi connectivity index (χ0v) is 8.37. The van der Waals surface area contributed by atoms with Gasteiger partial charge in [0.15, 0.2) is 5.82 Å². The molecule has 1 aliphatic heterocycles. The minimum atomic E-state index is -0.0200. The molecule has 2 unspecified atom stereocenters. The molecule has 0 saturated carbocycles. The summed E-state index contributed by atoms with van der Waals surface area (Å²) in [6.45, 7) is 2.19. The topological polar surface area (TPSA) is 50.9 Å². The van der Waals surface area contributed by atoms with Crippen molar-refractivity contribution in [3.8, 4) is 0 Å². The monoisotopic (exact) mass is 199 g/mol. The van der Waals surface area contributed by atoms with Crippen molar-refractivity contribution < 1.29 is 5.11 Å². The lowest BCUT2D eigenvalue weighted by molar-refractivity contribution is 0.259. The third-order valence-corrected chi connectivity index (χ3v) is 3.79. The second-order valence-corrected chi connectivity index (χ2v) is 4.73. The minimum Gasteiger partial charge on any atom is -0.388 e. The van der Waals surface area contributed by atoms with E-state index in [2.05, 4.69) is 17.1 Å². The number of nitrogens with zero attached hydrogens (tertiary/aromatic N) is 3. The molecule has 1 aromatic rings. The second kappa shape index (κ2) is 3.67. The van der Waals surface area contributed by atoms with Gasteiger partial charge in [-0.05, 0) is 12.2 Å². The average Bonchev–Trinajstić information content (AvgIpc) is 2.71. The predicted octanol–water partition coefficient (Wildman–Crippen LogP) is 0.837. The molecular formula is C8H13N3OS. The van der Waals surface area contributed by atoms with Crippen LogP contribution in [0.3, 0.4) is 0 Å². The Morgan fingerprint density at radius 3 is 3.23 bits per heavy atom. The van der Waals surface area contributed by atoms with Crippen molar-refractivity contribution in [3.05, 3.63) is 12.2 Å². The maximum Gasteiger partial charge on any atom is 0.158 e. The molecule has 5 heteroatoms. The fraction of sp³-hybridized carbons (Fsp3) is 0.750. The van der Waals surface area contributed by atoms with Crippen LogP contribution in [0.25, 0.3) is 0 Å². The van der Waals surface area contributed by atoms with Gasteiger partial charge in [0.1, 0.15) is 12.9 Å². The maximum atomic E-state index is 9.02. The molecule has 0 amide bonds. The quantitative estimate of drug-likeness (QED) is 0.766. The Kier molecular flexibility index (Phi) is 2.55. The van der Waals surface area contributed by atoms with E-state index in [9.17, 15) is 0 Å². The standard InChI is InChI=1S/C8H13N3OS/c1-6-7(2-3-13-6)11-5-9-10-8(11)4-12/h5-7,12H,2-4H2,1H3. The summed E-state index contributed by atoms with van der Waals surface area (Å²) < 4.78 is 2.00. The van der Waals surface area contributed by atoms with Gasteiger partial charge in [0.05, 0.1) is 0 Å². The highest BCUT2D eigenvalue weighted by Gasteiger charge is 2.27. The SMILES string of the molecule is CC1SCCC1n1cnnc1CO. The maximum absolute atomic E-state index is 9.02. The number of hydrogen-bond donors (Lipinski definition) is 1. The predicted molar refractivity (Wildman–Crippen MR) is 51.5 cm³/mol. The fourth-order valence-corrected chi connectivity index (χ4v) is 2.98. The molecule has 1 aliphatic rings. The van der Waals surface area contributed by atoms with Gasteiger partial charge in [-0.2, -0.15) is 11.8 Å². The second-order valence-electron chi connectivity index (χ2n) is 3.24. The van der Waals surface area contributed by atoms with Crippen molar-refractivity contribution in [1.29, 1.82) is 0 Å². The zero-order chi connectivity index (χ0) is 9.26. The van der Waals surface area contributed by atoms with Crippen molar-refractivity contribution in [2.75, 3.05) is 5.75 Å². The van der Waals surface area contributed by atoms with Crippen molar-refractivity contribution in [2.24, 2.45) is 0 Å². The molecule has 2 rings (SSSR count). The van der Waals surface area contributed by atoms with E-state index < -0.39 is 0 Å². The van der Waals surface area contributed by atoms with E-state index in [4.69, 9.17) is 5.11 Å². The zero-order valence-electron chi connectivity index (χ0n) is 7.55. The van der Waals surface area contributed by atoms with Gasteiger partial charge in [-0.15, -0.1) is 10.2 Å². The van der Waals surface area contributed by atoms with Crippen LogP contribution in [0, 0.1) is 0 Å². The van der Waals surface area contributed by atoms with Gasteiger partial charge in [-0.3, -0.25) is 0 Å². The first-order chi connectivity index (χ1) is 6.33. The van der Waals surface area contributed by atoms with Crippen LogP contribution < -0.4 is 0 Å². The fourth-order valence-electron chi connectivity index (χ4n) is 1.74. The van der Waals surface area contributed by atoms with Crippen LogP contribution in [-0.4, -0.2) is 30.9 Å². The summed E-state index contributed by atoms with van der Waals surface area (Å²) in [6.07, 6.45) is 2.87. The molecule has 0 aliphatic carbocycles. The lowest BCUT2D eigenvalue weighted by atomic mass is 10.1. The molecule has 1 aromatic heterocycles. The number of aromatic nitrogens is 3. The highest BCUT2D eigenvalue weighted by molar-refractivity contribution is 8.00. The lowest BCUT2D eigenvalue weighted by Gasteiger charge is -2.16. The van der Waals surface area contributed by atoms with E-state index >= 15 is 0 Å². The van der Waals surface area contributed by atoms with Gasteiger partial charge in [0.25, 0.3) is 0 Å². The van der Waals surface area contributed by atoms with Gasteiger partial charge in [-0.1, -0.05) is 6.92 Å². The highest BCUT2D eigenvalue weighted by Crippen LogP contribution is 2.35. The Balaban J connectivity index is 2.23.